The molecule has 6 heteroatoms. The fourth-order valence-electron chi connectivity index (χ4n) is 4.75. The number of carbonyl (C=O) groups is 1. The molecule has 25 heavy (non-hydrogen) atoms. The number of carbonyl (C=O) groups excluding carboxylic acids is 1. The average molecular weight is 362 g/mol. The van der Waals surface area contributed by atoms with Gasteiger partial charge in [0.25, 0.3) is 5.91 Å². The number of rotatable bonds is 3. The van der Waals surface area contributed by atoms with Gasteiger partial charge in [-0.15, -0.1) is 0 Å². The van der Waals surface area contributed by atoms with Crippen molar-refractivity contribution < 1.29 is 13.2 Å². The Balaban J connectivity index is 1.55. The molecule has 2 saturated carbocycles. The SMILES string of the molecule is Cc1ccc(C(=O)N[C@H]2C[C@H]3CC[C@H]2C3)cc1N1CCCCS1(=O)=O. The number of benzene rings is 1. The zero-order chi connectivity index (χ0) is 17.6. The van der Waals surface area contributed by atoms with Gasteiger partial charge >= 0.3 is 0 Å². The van der Waals surface area contributed by atoms with E-state index in [4.69, 9.17) is 0 Å². The van der Waals surface area contributed by atoms with E-state index >= 15 is 0 Å². The first-order valence-corrected chi connectivity index (χ1v) is 11.0. The molecule has 1 N–H and O–H groups in total. The number of anilines is 1. The first kappa shape index (κ1) is 16.9. The molecule has 3 atom stereocenters. The largest absolute Gasteiger partial charge is 0.349 e. The second-order valence-electron chi connectivity index (χ2n) is 7.85. The normalized spacial score (nSPS) is 30.4. The number of amides is 1. The van der Waals surface area contributed by atoms with Crippen LogP contribution >= 0.6 is 0 Å². The van der Waals surface area contributed by atoms with Crippen molar-refractivity contribution in [1.82, 2.24) is 5.32 Å². The van der Waals surface area contributed by atoms with Gasteiger partial charge in [0.1, 0.15) is 0 Å². The molecule has 1 aromatic carbocycles. The van der Waals surface area contributed by atoms with Crippen molar-refractivity contribution in [3.8, 4) is 0 Å². The lowest BCUT2D eigenvalue weighted by Crippen LogP contribution is -2.39. The molecule has 1 aliphatic heterocycles. The third-order valence-corrected chi connectivity index (χ3v) is 8.00. The summed E-state index contributed by atoms with van der Waals surface area (Å²) in [5.74, 6) is 1.52. The minimum absolute atomic E-state index is 0.0757. The number of nitrogens with one attached hydrogen (secondary N) is 1. The van der Waals surface area contributed by atoms with Gasteiger partial charge in [-0.1, -0.05) is 12.5 Å². The molecule has 1 aromatic rings. The minimum Gasteiger partial charge on any atom is -0.349 e. The molecule has 2 aliphatic carbocycles. The van der Waals surface area contributed by atoms with Crippen LogP contribution in [0.1, 0.15) is 54.4 Å². The highest BCUT2D eigenvalue weighted by Crippen LogP contribution is 2.44. The van der Waals surface area contributed by atoms with Crippen molar-refractivity contribution in [2.45, 2.75) is 51.5 Å². The molecule has 1 amide bonds. The third-order valence-electron chi connectivity index (χ3n) is 6.14. The van der Waals surface area contributed by atoms with Gasteiger partial charge in [-0.05, 0) is 68.6 Å². The number of fused-ring (bicyclic) bond motifs is 2. The van der Waals surface area contributed by atoms with E-state index in [-0.39, 0.29) is 17.7 Å². The molecule has 0 spiro atoms. The van der Waals surface area contributed by atoms with E-state index in [1.54, 1.807) is 12.1 Å². The predicted octanol–water partition coefficient (Wildman–Crippen LogP) is 2.84. The second kappa shape index (κ2) is 6.31. The lowest BCUT2D eigenvalue weighted by molar-refractivity contribution is 0.0923. The van der Waals surface area contributed by atoms with Crippen molar-refractivity contribution in [2.75, 3.05) is 16.6 Å². The Morgan fingerprint density at radius 1 is 1.20 bits per heavy atom. The van der Waals surface area contributed by atoms with Crippen molar-refractivity contribution in [2.24, 2.45) is 11.8 Å². The summed E-state index contributed by atoms with van der Waals surface area (Å²) in [4.78, 5) is 12.7. The van der Waals surface area contributed by atoms with E-state index in [0.29, 0.717) is 30.1 Å². The Bertz CT molecular complexity index is 790. The molecular formula is C19H26N2O3S. The van der Waals surface area contributed by atoms with E-state index in [2.05, 4.69) is 5.32 Å². The summed E-state index contributed by atoms with van der Waals surface area (Å²) in [6.45, 7) is 2.40. The average Bonchev–Trinajstić information content (AvgIpc) is 3.18. The molecule has 2 bridgehead atoms. The third kappa shape index (κ3) is 3.16. The minimum atomic E-state index is -3.27. The highest BCUT2D eigenvalue weighted by atomic mass is 32.2. The van der Waals surface area contributed by atoms with E-state index in [9.17, 15) is 13.2 Å². The van der Waals surface area contributed by atoms with E-state index in [1.807, 2.05) is 13.0 Å². The Labute approximate surface area is 149 Å². The van der Waals surface area contributed by atoms with Crippen molar-refractivity contribution in [3.05, 3.63) is 29.3 Å². The summed E-state index contributed by atoms with van der Waals surface area (Å²) < 4.78 is 26.3. The molecule has 4 rings (SSSR count). The summed E-state index contributed by atoms with van der Waals surface area (Å²) in [5, 5.41) is 3.19. The summed E-state index contributed by atoms with van der Waals surface area (Å²) in [6, 6.07) is 5.70. The molecule has 0 unspecified atom stereocenters. The van der Waals surface area contributed by atoms with Gasteiger partial charge < -0.3 is 5.32 Å². The lowest BCUT2D eigenvalue weighted by Gasteiger charge is -2.30. The molecular weight excluding hydrogens is 336 g/mol. The predicted molar refractivity (Wildman–Crippen MR) is 98.2 cm³/mol. The topological polar surface area (TPSA) is 66.5 Å². The van der Waals surface area contributed by atoms with Gasteiger partial charge in [-0.2, -0.15) is 0 Å². The van der Waals surface area contributed by atoms with Crippen LogP contribution < -0.4 is 9.62 Å². The quantitative estimate of drug-likeness (QED) is 0.899. The van der Waals surface area contributed by atoms with E-state index in [1.165, 1.54) is 23.6 Å². The van der Waals surface area contributed by atoms with Crippen LogP contribution in [-0.2, 0) is 10.0 Å². The van der Waals surface area contributed by atoms with Gasteiger partial charge in [0.05, 0.1) is 11.4 Å². The zero-order valence-electron chi connectivity index (χ0n) is 14.7. The molecule has 1 heterocycles. The van der Waals surface area contributed by atoms with Gasteiger partial charge in [0.2, 0.25) is 10.0 Å². The van der Waals surface area contributed by atoms with Crippen LogP contribution in [0.5, 0.6) is 0 Å². The van der Waals surface area contributed by atoms with Crippen LogP contribution in [0.3, 0.4) is 0 Å². The highest BCUT2D eigenvalue weighted by Gasteiger charge is 2.40. The van der Waals surface area contributed by atoms with Crippen LogP contribution in [0.2, 0.25) is 0 Å². The molecule has 5 nitrogen and oxygen atoms in total. The molecule has 0 aromatic heterocycles. The van der Waals surface area contributed by atoms with Crippen molar-refractivity contribution >= 4 is 21.6 Å². The zero-order valence-corrected chi connectivity index (χ0v) is 15.5. The van der Waals surface area contributed by atoms with Gasteiger partial charge in [-0.3, -0.25) is 9.10 Å². The number of hydrogen-bond donors (Lipinski definition) is 1. The van der Waals surface area contributed by atoms with Crippen LogP contribution in [-0.4, -0.2) is 32.7 Å². The smallest absolute Gasteiger partial charge is 0.251 e. The maximum absolute atomic E-state index is 12.7. The van der Waals surface area contributed by atoms with Crippen LogP contribution in [0.4, 0.5) is 5.69 Å². The van der Waals surface area contributed by atoms with Gasteiger partial charge in [-0.25, -0.2) is 8.42 Å². The first-order valence-electron chi connectivity index (χ1n) is 9.36. The maximum Gasteiger partial charge on any atom is 0.251 e. The molecule has 3 fully saturated rings. The van der Waals surface area contributed by atoms with E-state index < -0.39 is 10.0 Å². The highest BCUT2D eigenvalue weighted by molar-refractivity contribution is 7.92. The molecule has 1 saturated heterocycles. The van der Waals surface area contributed by atoms with E-state index in [0.717, 1.165) is 24.3 Å². The lowest BCUT2D eigenvalue weighted by atomic mass is 9.95. The summed E-state index contributed by atoms with van der Waals surface area (Å²) in [6.07, 6.45) is 6.44. The summed E-state index contributed by atoms with van der Waals surface area (Å²) >= 11 is 0. The Kier molecular flexibility index (Phi) is 4.26. The number of aryl methyl sites for hydroxylation is 1. The number of sulfonamides is 1. The maximum atomic E-state index is 12.7. The summed E-state index contributed by atoms with van der Waals surface area (Å²) in [5.41, 5.74) is 2.10. The first-order chi connectivity index (χ1) is 11.9. The second-order valence-corrected chi connectivity index (χ2v) is 9.86. The van der Waals surface area contributed by atoms with Crippen LogP contribution in [0.25, 0.3) is 0 Å². The number of nitrogens with zero attached hydrogens (tertiary/aromatic N) is 1. The van der Waals surface area contributed by atoms with Gasteiger partial charge in [0, 0.05) is 18.2 Å². The van der Waals surface area contributed by atoms with Crippen LogP contribution in [0, 0.1) is 18.8 Å². The Morgan fingerprint density at radius 3 is 2.72 bits per heavy atom. The van der Waals surface area contributed by atoms with Crippen molar-refractivity contribution in [3.63, 3.8) is 0 Å². The molecule has 3 aliphatic rings. The molecule has 136 valence electrons. The van der Waals surface area contributed by atoms with Crippen molar-refractivity contribution in [1.29, 1.82) is 0 Å². The Hall–Kier alpha value is -1.56. The monoisotopic (exact) mass is 362 g/mol. The Morgan fingerprint density at radius 2 is 2.04 bits per heavy atom. The van der Waals surface area contributed by atoms with Gasteiger partial charge in [0.15, 0.2) is 0 Å². The fourth-order valence-corrected chi connectivity index (χ4v) is 6.44. The fraction of sp³-hybridized carbons (Fsp3) is 0.632. The van der Waals surface area contributed by atoms with Crippen LogP contribution in [0.15, 0.2) is 18.2 Å². The molecule has 0 radical (unpaired) electrons. The standard InChI is InChI=1S/C19H26N2O3S/c1-13-4-6-16(12-18(13)21-8-2-3-9-25(21,23)24)19(22)20-17-11-14-5-7-15(17)10-14/h4,6,12,14-15,17H,2-3,5,7-11H2,1H3,(H,20,22)/t14-,15-,17-/m0/s1. The number of hydrogen-bond acceptors (Lipinski definition) is 3. The summed E-state index contributed by atoms with van der Waals surface area (Å²) in [7, 11) is -3.27.